The lowest BCUT2D eigenvalue weighted by Crippen LogP contribution is -2.36. The number of amidine groups is 1. The summed E-state index contributed by atoms with van der Waals surface area (Å²) in [7, 11) is -2.19. The molecular formula is C21H25N3O4S2. The number of sulfonamides is 1. The second-order valence-corrected chi connectivity index (χ2v) is 9.25. The predicted molar refractivity (Wildman–Crippen MR) is 121 cm³/mol. The standard InChI is InChI=1S/C21H25N3O4S2/c1-3-4-12-24-18-10-5-6-11-19(18)30(26,27)23-21(24)29-15-20(25)22-14-16-8-7-9-17(13-16)28-2/h5-11,13H,3-4,12,14-15H2,1-2H3,(H,22,25). The molecule has 1 amide bonds. The summed E-state index contributed by atoms with van der Waals surface area (Å²) in [6.07, 6.45) is 1.85. The number of unbranched alkanes of at least 4 members (excludes halogenated alkanes) is 1. The minimum atomic E-state index is -3.78. The Morgan fingerprint density at radius 3 is 2.77 bits per heavy atom. The molecule has 30 heavy (non-hydrogen) atoms. The number of rotatable bonds is 8. The maximum atomic E-state index is 12.6. The molecule has 0 atom stereocenters. The largest absolute Gasteiger partial charge is 0.497 e. The van der Waals surface area contributed by atoms with Gasteiger partial charge in [-0.15, -0.1) is 4.40 Å². The molecule has 1 aliphatic heterocycles. The number of ether oxygens (including phenoxy) is 1. The molecule has 0 unspecified atom stereocenters. The number of methoxy groups -OCH3 is 1. The van der Waals surface area contributed by atoms with Gasteiger partial charge in [0.2, 0.25) is 5.91 Å². The van der Waals surface area contributed by atoms with E-state index in [0.29, 0.717) is 23.9 Å². The zero-order valence-corrected chi connectivity index (χ0v) is 18.6. The van der Waals surface area contributed by atoms with Gasteiger partial charge in [-0.05, 0) is 36.2 Å². The number of carbonyl (C=O) groups is 1. The van der Waals surface area contributed by atoms with E-state index in [9.17, 15) is 13.2 Å². The fourth-order valence-electron chi connectivity index (χ4n) is 3.00. The van der Waals surface area contributed by atoms with Gasteiger partial charge in [-0.2, -0.15) is 8.42 Å². The summed E-state index contributed by atoms with van der Waals surface area (Å²) >= 11 is 1.13. The third-order valence-corrected chi connectivity index (χ3v) is 6.96. The Morgan fingerprint density at radius 1 is 1.20 bits per heavy atom. The molecule has 9 heteroatoms. The number of amides is 1. The monoisotopic (exact) mass is 447 g/mol. The molecule has 1 aliphatic rings. The zero-order valence-electron chi connectivity index (χ0n) is 17.0. The van der Waals surface area contributed by atoms with Crippen molar-refractivity contribution in [2.75, 3.05) is 24.3 Å². The molecule has 1 N–H and O–H groups in total. The number of nitrogens with one attached hydrogen (secondary N) is 1. The molecule has 0 saturated carbocycles. The molecular weight excluding hydrogens is 422 g/mol. The van der Waals surface area contributed by atoms with E-state index < -0.39 is 10.0 Å². The van der Waals surface area contributed by atoms with Crippen molar-refractivity contribution in [2.45, 2.75) is 31.2 Å². The summed E-state index contributed by atoms with van der Waals surface area (Å²) < 4.78 is 34.3. The number of benzene rings is 2. The molecule has 3 rings (SSSR count). The average molecular weight is 448 g/mol. The SMILES string of the molecule is CCCCN1C(SCC(=O)NCc2cccc(OC)c2)=NS(=O)(=O)c2ccccc21. The van der Waals surface area contributed by atoms with E-state index in [1.165, 1.54) is 0 Å². The molecule has 0 bridgehead atoms. The normalized spacial score (nSPS) is 14.6. The number of hydrogen-bond donors (Lipinski definition) is 1. The first kappa shape index (κ1) is 22.2. The van der Waals surface area contributed by atoms with Gasteiger partial charge in [0.15, 0.2) is 5.17 Å². The van der Waals surface area contributed by atoms with Crippen molar-refractivity contribution in [3.8, 4) is 5.75 Å². The Kier molecular flexibility index (Phi) is 7.38. The van der Waals surface area contributed by atoms with Crippen molar-refractivity contribution in [1.82, 2.24) is 5.32 Å². The zero-order chi connectivity index (χ0) is 21.6. The first-order valence-corrected chi connectivity index (χ1v) is 12.1. The molecule has 0 saturated heterocycles. The van der Waals surface area contributed by atoms with Crippen LogP contribution >= 0.6 is 11.8 Å². The summed E-state index contributed by atoms with van der Waals surface area (Å²) in [6, 6.07) is 14.3. The Morgan fingerprint density at radius 2 is 2.00 bits per heavy atom. The van der Waals surface area contributed by atoms with E-state index >= 15 is 0 Å². The molecule has 0 radical (unpaired) electrons. The Balaban J connectivity index is 1.68. The molecule has 0 spiro atoms. The number of hydrogen-bond acceptors (Lipinski definition) is 6. The summed E-state index contributed by atoms with van der Waals surface area (Å²) in [5, 5.41) is 3.18. The molecule has 2 aromatic carbocycles. The van der Waals surface area contributed by atoms with Gasteiger partial charge in [-0.25, -0.2) is 0 Å². The first-order chi connectivity index (χ1) is 14.4. The van der Waals surface area contributed by atoms with Crippen LogP contribution in [-0.4, -0.2) is 38.9 Å². The summed E-state index contributed by atoms with van der Waals surface area (Å²) in [6.45, 7) is 3.08. The second-order valence-electron chi connectivity index (χ2n) is 6.74. The van der Waals surface area contributed by atoms with E-state index in [2.05, 4.69) is 16.6 Å². The Labute approximate surface area is 181 Å². The van der Waals surface area contributed by atoms with Crippen LogP contribution in [0.5, 0.6) is 5.75 Å². The van der Waals surface area contributed by atoms with Gasteiger partial charge < -0.3 is 15.0 Å². The van der Waals surface area contributed by atoms with Crippen molar-refractivity contribution in [1.29, 1.82) is 0 Å². The van der Waals surface area contributed by atoms with Crippen LogP contribution in [0.25, 0.3) is 0 Å². The van der Waals surface area contributed by atoms with Crippen LogP contribution in [0.1, 0.15) is 25.3 Å². The predicted octanol–water partition coefficient (Wildman–Crippen LogP) is 3.41. The van der Waals surface area contributed by atoms with Crippen molar-refractivity contribution in [3.63, 3.8) is 0 Å². The van der Waals surface area contributed by atoms with E-state index in [1.54, 1.807) is 25.3 Å². The van der Waals surface area contributed by atoms with Crippen LogP contribution in [0, 0.1) is 0 Å². The van der Waals surface area contributed by atoms with Gasteiger partial charge in [0.05, 0.1) is 18.6 Å². The quantitative estimate of drug-likeness (QED) is 0.667. The fourth-order valence-corrected chi connectivity index (χ4v) is 5.31. The van der Waals surface area contributed by atoms with Crippen molar-refractivity contribution >= 4 is 38.5 Å². The van der Waals surface area contributed by atoms with Crippen molar-refractivity contribution in [2.24, 2.45) is 4.40 Å². The average Bonchev–Trinajstić information content (AvgIpc) is 2.76. The van der Waals surface area contributed by atoms with E-state index in [-0.39, 0.29) is 16.6 Å². The number of fused-ring (bicyclic) bond motifs is 1. The molecule has 7 nitrogen and oxygen atoms in total. The van der Waals surface area contributed by atoms with Crippen molar-refractivity contribution in [3.05, 3.63) is 54.1 Å². The van der Waals surface area contributed by atoms with Crippen molar-refractivity contribution < 1.29 is 17.9 Å². The highest BCUT2D eigenvalue weighted by molar-refractivity contribution is 8.15. The number of thioether (sulfide) groups is 1. The summed E-state index contributed by atoms with van der Waals surface area (Å²) in [5.74, 6) is 0.601. The van der Waals surface area contributed by atoms with Crippen LogP contribution in [-0.2, 0) is 21.4 Å². The van der Waals surface area contributed by atoms with Crippen LogP contribution in [0.3, 0.4) is 0 Å². The van der Waals surface area contributed by atoms with E-state index in [0.717, 1.165) is 35.9 Å². The van der Waals surface area contributed by atoms with Gasteiger partial charge in [0.1, 0.15) is 10.6 Å². The molecule has 0 aromatic heterocycles. The van der Waals surface area contributed by atoms with Gasteiger partial charge in [-0.1, -0.05) is 49.4 Å². The number of para-hydroxylation sites is 1. The number of carbonyl (C=O) groups excluding carboxylic acids is 1. The van der Waals surface area contributed by atoms with E-state index in [1.807, 2.05) is 35.2 Å². The topological polar surface area (TPSA) is 88.1 Å². The van der Waals surface area contributed by atoms with Gasteiger partial charge in [-0.3, -0.25) is 4.79 Å². The highest BCUT2D eigenvalue weighted by Gasteiger charge is 2.30. The Bertz CT molecular complexity index is 1040. The molecule has 0 fully saturated rings. The third kappa shape index (κ3) is 5.34. The Hall–Kier alpha value is -2.52. The highest BCUT2D eigenvalue weighted by atomic mass is 32.2. The lowest BCUT2D eigenvalue weighted by molar-refractivity contribution is -0.118. The lowest BCUT2D eigenvalue weighted by Gasteiger charge is -2.30. The third-order valence-electron chi connectivity index (χ3n) is 4.55. The first-order valence-electron chi connectivity index (χ1n) is 9.68. The van der Waals surface area contributed by atoms with Crippen LogP contribution in [0.15, 0.2) is 57.8 Å². The second kappa shape index (κ2) is 9.99. The lowest BCUT2D eigenvalue weighted by atomic mass is 10.2. The summed E-state index contributed by atoms with van der Waals surface area (Å²) in [5.41, 5.74) is 1.53. The van der Waals surface area contributed by atoms with Crippen LogP contribution in [0.2, 0.25) is 0 Å². The molecule has 1 heterocycles. The minimum Gasteiger partial charge on any atom is -0.497 e. The van der Waals surface area contributed by atoms with Crippen LogP contribution in [0.4, 0.5) is 5.69 Å². The highest BCUT2D eigenvalue weighted by Crippen LogP contribution is 2.34. The minimum absolute atomic E-state index is 0.0725. The summed E-state index contributed by atoms with van der Waals surface area (Å²) in [4.78, 5) is 14.4. The smallest absolute Gasteiger partial charge is 0.286 e. The van der Waals surface area contributed by atoms with Gasteiger partial charge in [0.25, 0.3) is 10.0 Å². The molecule has 160 valence electrons. The molecule has 0 aliphatic carbocycles. The molecule has 2 aromatic rings. The maximum Gasteiger partial charge on any atom is 0.286 e. The fraction of sp³-hybridized carbons (Fsp3) is 0.333. The van der Waals surface area contributed by atoms with Crippen LogP contribution < -0.4 is 15.0 Å². The number of nitrogens with zero attached hydrogens (tertiary/aromatic N) is 2. The van der Waals surface area contributed by atoms with Gasteiger partial charge in [0, 0.05) is 13.1 Å². The van der Waals surface area contributed by atoms with Gasteiger partial charge >= 0.3 is 0 Å². The van der Waals surface area contributed by atoms with E-state index in [4.69, 9.17) is 4.74 Å². The number of anilines is 1. The maximum absolute atomic E-state index is 12.6.